The number of alkyl halides is 6. The third kappa shape index (κ3) is 5.27. The second-order valence-electron chi connectivity index (χ2n) is 9.31. The van der Waals surface area contributed by atoms with E-state index in [0.29, 0.717) is 41.9 Å². The lowest BCUT2D eigenvalue weighted by molar-refractivity contribution is -0.142. The second-order valence-corrected chi connectivity index (χ2v) is 10.3. The summed E-state index contributed by atoms with van der Waals surface area (Å²) >= 11 is 0.581. The molecule has 1 aromatic carbocycles. The number of amides is 2. The summed E-state index contributed by atoms with van der Waals surface area (Å²) in [6, 6.07) is 8.81. The molecule has 5 rings (SSSR count). The van der Waals surface area contributed by atoms with Crippen molar-refractivity contribution in [2.45, 2.75) is 51.0 Å². The molecule has 0 radical (unpaired) electrons. The van der Waals surface area contributed by atoms with Crippen molar-refractivity contribution < 1.29 is 35.9 Å². The number of rotatable bonds is 5. The van der Waals surface area contributed by atoms with E-state index in [0.717, 1.165) is 17.2 Å². The number of nitrogens with two attached hydrogens (primary N) is 1. The van der Waals surface area contributed by atoms with Crippen LogP contribution in [0.3, 0.4) is 0 Å². The van der Waals surface area contributed by atoms with E-state index in [9.17, 15) is 35.9 Å². The highest BCUT2D eigenvalue weighted by molar-refractivity contribution is 7.21. The minimum Gasteiger partial charge on any atom is -0.365 e. The van der Waals surface area contributed by atoms with Crippen LogP contribution in [0.1, 0.15) is 51.6 Å². The van der Waals surface area contributed by atoms with Crippen LogP contribution in [-0.4, -0.2) is 26.6 Å². The van der Waals surface area contributed by atoms with Crippen LogP contribution in [-0.2, 0) is 36.5 Å². The van der Waals surface area contributed by atoms with Gasteiger partial charge in [0.1, 0.15) is 21.9 Å². The fourth-order valence-electron chi connectivity index (χ4n) is 4.90. The fraction of sp³-hybridized carbons (Fsp3) is 0.308. The Labute approximate surface area is 227 Å². The first-order chi connectivity index (χ1) is 18.8. The molecule has 0 fully saturated rings. The Morgan fingerprint density at radius 1 is 1.00 bits per heavy atom. The number of hydrogen-bond donors (Lipinski definition) is 2. The number of carbonyl (C=O) groups excluding carboxylic acids is 2. The predicted molar refractivity (Wildman–Crippen MR) is 136 cm³/mol. The van der Waals surface area contributed by atoms with Gasteiger partial charge in [0.25, 0.3) is 5.91 Å². The number of pyridine rings is 1. The van der Waals surface area contributed by atoms with Gasteiger partial charge in [-0.15, -0.1) is 11.3 Å². The molecule has 2 amide bonds. The van der Waals surface area contributed by atoms with Gasteiger partial charge in [-0.1, -0.05) is 36.8 Å². The lowest BCUT2D eigenvalue weighted by Gasteiger charge is -2.13. The largest absolute Gasteiger partial charge is 0.435 e. The Kier molecular flexibility index (Phi) is 7.06. The third-order valence-corrected chi connectivity index (χ3v) is 7.69. The zero-order valence-corrected chi connectivity index (χ0v) is 21.4. The van der Waals surface area contributed by atoms with E-state index in [4.69, 9.17) is 5.73 Å². The van der Waals surface area contributed by atoms with Crippen molar-refractivity contribution in [1.82, 2.24) is 14.8 Å². The third-order valence-electron chi connectivity index (χ3n) is 6.59. The van der Waals surface area contributed by atoms with Gasteiger partial charge in [-0.3, -0.25) is 14.3 Å². The summed E-state index contributed by atoms with van der Waals surface area (Å²) in [5.74, 6) is -1.84. The summed E-state index contributed by atoms with van der Waals surface area (Å²) in [4.78, 5) is 28.7. The molecule has 4 aromatic rings. The minimum atomic E-state index is -4.80. The molecule has 0 spiro atoms. The molecule has 3 N–H and O–H groups in total. The Morgan fingerprint density at radius 3 is 2.35 bits per heavy atom. The van der Waals surface area contributed by atoms with Gasteiger partial charge >= 0.3 is 12.4 Å². The number of benzene rings is 1. The number of fused-ring (bicyclic) bond motifs is 2. The highest BCUT2D eigenvalue weighted by Crippen LogP contribution is 2.44. The topological polar surface area (TPSA) is 103 Å². The van der Waals surface area contributed by atoms with Crippen LogP contribution >= 0.6 is 11.3 Å². The van der Waals surface area contributed by atoms with E-state index in [1.165, 1.54) is 0 Å². The fourth-order valence-corrected chi connectivity index (χ4v) is 5.91. The number of halogens is 6. The van der Waals surface area contributed by atoms with Crippen molar-refractivity contribution in [3.8, 4) is 11.1 Å². The van der Waals surface area contributed by atoms with Gasteiger partial charge in [0, 0.05) is 16.6 Å². The zero-order chi connectivity index (χ0) is 28.8. The number of hydrogen-bond acceptors (Lipinski definition) is 5. The van der Waals surface area contributed by atoms with Crippen molar-refractivity contribution in [3.05, 3.63) is 63.9 Å². The molecular weight excluding hydrogens is 560 g/mol. The molecule has 0 saturated carbocycles. The number of thiophene rings is 1. The Morgan fingerprint density at radius 2 is 1.70 bits per heavy atom. The van der Waals surface area contributed by atoms with E-state index in [2.05, 4.69) is 15.4 Å². The van der Waals surface area contributed by atoms with Gasteiger partial charge in [0.05, 0.1) is 5.69 Å². The molecule has 3 heterocycles. The average molecular weight is 582 g/mol. The zero-order valence-electron chi connectivity index (χ0n) is 20.6. The van der Waals surface area contributed by atoms with Crippen molar-refractivity contribution in [2.24, 2.45) is 5.73 Å². The normalized spacial score (nSPS) is 14.2. The Bertz CT molecular complexity index is 1610. The van der Waals surface area contributed by atoms with Crippen LogP contribution in [0.25, 0.3) is 21.3 Å². The van der Waals surface area contributed by atoms with E-state index in [1.807, 2.05) is 0 Å². The first kappa shape index (κ1) is 27.6. The smallest absolute Gasteiger partial charge is 0.365 e. The summed E-state index contributed by atoms with van der Waals surface area (Å²) in [6.45, 7) is -0.608. The summed E-state index contributed by atoms with van der Waals surface area (Å²) < 4.78 is 83.1. The first-order valence-electron chi connectivity index (χ1n) is 12.2. The van der Waals surface area contributed by atoms with Gasteiger partial charge in [-0.25, -0.2) is 4.98 Å². The molecule has 210 valence electrons. The summed E-state index contributed by atoms with van der Waals surface area (Å²) in [6.07, 6.45) is -7.09. The summed E-state index contributed by atoms with van der Waals surface area (Å²) in [5.41, 5.74) is 3.89. The van der Waals surface area contributed by atoms with Crippen LogP contribution in [0.15, 0.2) is 36.4 Å². The van der Waals surface area contributed by atoms with Crippen molar-refractivity contribution >= 4 is 39.1 Å². The number of nitrogens with one attached hydrogen (secondary N) is 1. The van der Waals surface area contributed by atoms with Crippen LogP contribution < -0.4 is 11.1 Å². The second kappa shape index (κ2) is 10.2. The van der Waals surface area contributed by atoms with Crippen LogP contribution in [0, 0.1) is 0 Å². The molecule has 0 bridgehead atoms. The van der Waals surface area contributed by atoms with E-state index >= 15 is 0 Å². The van der Waals surface area contributed by atoms with Gasteiger partial charge < -0.3 is 11.1 Å². The van der Waals surface area contributed by atoms with Crippen molar-refractivity contribution in [2.75, 3.05) is 5.32 Å². The summed E-state index contributed by atoms with van der Waals surface area (Å²) in [7, 11) is 0. The van der Waals surface area contributed by atoms with Gasteiger partial charge in [-0.05, 0) is 42.9 Å². The first-order valence-corrected chi connectivity index (χ1v) is 13.0. The molecule has 3 aromatic heterocycles. The van der Waals surface area contributed by atoms with Gasteiger partial charge in [0.15, 0.2) is 5.69 Å². The van der Waals surface area contributed by atoms with E-state index in [-0.39, 0.29) is 38.3 Å². The van der Waals surface area contributed by atoms with Crippen LogP contribution in [0.4, 0.5) is 32.0 Å². The molecule has 14 heteroatoms. The molecule has 40 heavy (non-hydrogen) atoms. The molecular formula is C26H21F6N5O2S. The predicted octanol–water partition coefficient (Wildman–Crippen LogP) is 6.20. The maximum Gasteiger partial charge on any atom is 0.435 e. The van der Waals surface area contributed by atoms with E-state index < -0.39 is 42.1 Å². The Balaban J connectivity index is 1.60. The van der Waals surface area contributed by atoms with Gasteiger partial charge in [-0.2, -0.15) is 31.4 Å². The lowest BCUT2D eigenvalue weighted by Crippen LogP contribution is -2.23. The molecule has 0 unspecified atom stereocenters. The molecule has 0 atom stereocenters. The molecule has 1 aliphatic rings. The number of nitrogens with zero attached hydrogens (tertiary/aromatic N) is 3. The van der Waals surface area contributed by atoms with Crippen molar-refractivity contribution in [3.63, 3.8) is 0 Å². The minimum absolute atomic E-state index is 0.0456. The maximum atomic E-state index is 13.7. The number of primary amides is 1. The number of aromatic nitrogens is 3. The number of carbonyl (C=O) groups is 2. The summed E-state index contributed by atoms with van der Waals surface area (Å²) in [5, 5.41) is 6.27. The molecule has 0 saturated heterocycles. The highest BCUT2D eigenvalue weighted by atomic mass is 32.1. The Hall–Kier alpha value is -3.94. The molecule has 0 aliphatic heterocycles. The lowest BCUT2D eigenvalue weighted by atomic mass is 10.0. The number of anilines is 1. The van der Waals surface area contributed by atoms with Crippen LogP contribution in [0.5, 0.6) is 0 Å². The molecule has 1 aliphatic carbocycles. The standard InChI is InChI=1S/C26H21F6N5O2S/c27-25(28,29)17-11-15(13-7-3-1-4-8-13)19-20(21(23(33)39)40-24(19)34-17)35-18(38)12-37-16-10-6-2-5-9-14(16)22(36-37)26(30,31)32/h1,3-4,7-8,11H,2,5-6,9-10,12H2,(H2,33,39)(H,35,38). The quantitative estimate of drug-likeness (QED) is 0.216. The average Bonchev–Trinajstić information content (AvgIpc) is 3.31. The molecule has 7 nitrogen and oxygen atoms in total. The maximum absolute atomic E-state index is 13.7. The monoisotopic (exact) mass is 581 g/mol. The van der Waals surface area contributed by atoms with Gasteiger partial charge in [0.2, 0.25) is 5.91 Å². The van der Waals surface area contributed by atoms with E-state index in [1.54, 1.807) is 30.3 Å². The van der Waals surface area contributed by atoms with Crippen LogP contribution in [0.2, 0.25) is 0 Å². The highest BCUT2D eigenvalue weighted by Gasteiger charge is 2.39. The SMILES string of the molecule is NC(=O)c1sc2nc(C(F)(F)F)cc(-c3ccccc3)c2c1NC(=O)Cn1nc(C(F)(F)F)c2c1CCCCC2. The van der Waals surface area contributed by atoms with Crippen molar-refractivity contribution in [1.29, 1.82) is 0 Å².